The predicted molar refractivity (Wildman–Crippen MR) is 120 cm³/mol. The van der Waals surface area contributed by atoms with E-state index in [1.54, 1.807) is 23.9 Å². The molecule has 0 amide bonds. The Morgan fingerprint density at radius 1 is 1.17 bits per heavy atom. The summed E-state index contributed by atoms with van der Waals surface area (Å²) in [5.41, 5.74) is 1.74. The molecule has 1 unspecified atom stereocenters. The number of carboxylic acids is 1. The number of rotatable bonds is 12. The lowest BCUT2D eigenvalue weighted by atomic mass is 10.1. The molecule has 5 nitrogen and oxygen atoms in total. The summed E-state index contributed by atoms with van der Waals surface area (Å²) in [6, 6.07) is 10.3. The first-order chi connectivity index (χ1) is 13.9. The van der Waals surface area contributed by atoms with E-state index in [4.69, 9.17) is 32.7 Å². The average Bonchev–Trinajstić information content (AvgIpc) is 2.68. The quantitative estimate of drug-likeness (QED) is 0.452. The monoisotopic (exact) mass is 457 g/mol. The van der Waals surface area contributed by atoms with Gasteiger partial charge in [-0.25, -0.2) is 0 Å². The van der Waals surface area contributed by atoms with Crippen LogP contribution in [0.1, 0.15) is 24.5 Å². The summed E-state index contributed by atoms with van der Waals surface area (Å²) in [5.74, 6) is 1.14. The molecule has 0 aliphatic carbocycles. The van der Waals surface area contributed by atoms with Crippen molar-refractivity contribution in [1.82, 2.24) is 5.32 Å². The van der Waals surface area contributed by atoms with Crippen LogP contribution in [0.4, 0.5) is 0 Å². The van der Waals surface area contributed by atoms with Crippen LogP contribution in [0, 0.1) is 0 Å². The van der Waals surface area contributed by atoms with E-state index in [-0.39, 0.29) is 6.61 Å². The van der Waals surface area contributed by atoms with Gasteiger partial charge in [-0.05, 0) is 55.2 Å². The van der Waals surface area contributed by atoms with Gasteiger partial charge in [0.1, 0.15) is 12.6 Å². The summed E-state index contributed by atoms with van der Waals surface area (Å²) in [5, 5.41) is 13.5. The van der Waals surface area contributed by atoms with Crippen molar-refractivity contribution >= 4 is 40.9 Å². The summed E-state index contributed by atoms with van der Waals surface area (Å²) in [4.78, 5) is 11.4. The third kappa shape index (κ3) is 7.63. The van der Waals surface area contributed by atoms with Crippen LogP contribution in [0.15, 0.2) is 36.4 Å². The predicted octanol–water partition coefficient (Wildman–Crippen LogP) is 5.27. The van der Waals surface area contributed by atoms with Crippen LogP contribution in [0.5, 0.6) is 11.5 Å². The van der Waals surface area contributed by atoms with Crippen LogP contribution in [0.25, 0.3) is 0 Å². The van der Waals surface area contributed by atoms with Gasteiger partial charge in [0.2, 0.25) is 0 Å². The molecule has 0 aliphatic heterocycles. The molecule has 0 aromatic heterocycles. The molecule has 0 saturated carbocycles. The topological polar surface area (TPSA) is 67.8 Å². The Morgan fingerprint density at radius 2 is 1.97 bits per heavy atom. The summed E-state index contributed by atoms with van der Waals surface area (Å²) in [6.45, 7) is 3.09. The Balaban J connectivity index is 2.06. The van der Waals surface area contributed by atoms with Crippen molar-refractivity contribution < 1.29 is 19.4 Å². The highest BCUT2D eigenvalue weighted by Crippen LogP contribution is 2.30. The van der Waals surface area contributed by atoms with E-state index in [9.17, 15) is 9.90 Å². The van der Waals surface area contributed by atoms with Crippen molar-refractivity contribution in [2.24, 2.45) is 0 Å². The summed E-state index contributed by atoms with van der Waals surface area (Å²) in [7, 11) is 0. The molecule has 0 aliphatic rings. The molecule has 0 radical (unpaired) electrons. The second kappa shape index (κ2) is 12.2. The van der Waals surface area contributed by atoms with E-state index in [0.717, 1.165) is 16.9 Å². The highest BCUT2D eigenvalue weighted by molar-refractivity contribution is 7.98. The van der Waals surface area contributed by atoms with Crippen molar-refractivity contribution in [2.45, 2.75) is 32.5 Å². The molecule has 2 N–H and O–H groups in total. The SMILES string of the molecule is CCOc1cc(CNC(CCSC)C(=O)O)ccc1OCc1ccc(Cl)cc1Cl. The molecule has 0 spiro atoms. The number of hydrogen-bond acceptors (Lipinski definition) is 5. The molecule has 0 heterocycles. The fraction of sp³-hybridized carbons (Fsp3) is 0.381. The van der Waals surface area contributed by atoms with Gasteiger partial charge >= 0.3 is 5.97 Å². The zero-order valence-corrected chi connectivity index (χ0v) is 18.7. The van der Waals surface area contributed by atoms with Gasteiger partial charge in [0.25, 0.3) is 0 Å². The molecule has 0 fully saturated rings. The molecule has 1 atom stereocenters. The lowest BCUT2D eigenvalue weighted by Crippen LogP contribution is -2.36. The maximum Gasteiger partial charge on any atom is 0.320 e. The normalized spacial score (nSPS) is 11.9. The van der Waals surface area contributed by atoms with Gasteiger partial charge in [0.05, 0.1) is 6.61 Å². The first-order valence-corrected chi connectivity index (χ1v) is 11.4. The van der Waals surface area contributed by atoms with Gasteiger partial charge in [-0.3, -0.25) is 4.79 Å². The number of hydrogen-bond donors (Lipinski definition) is 2. The molecular weight excluding hydrogens is 433 g/mol. The smallest absolute Gasteiger partial charge is 0.320 e. The van der Waals surface area contributed by atoms with Crippen LogP contribution in [-0.4, -0.2) is 35.7 Å². The molecule has 2 aromatic carbocycles. The number of benzene rings is 2. The second-order valence-corrected chi connectivity index (χ2v) is 8.12. The highest BCUT2D eigenvalue weighted by Gasteiger charge is 2.16. The van der Waals surface area contributed by atoms with Gasteiger partial charge in [-0.2, -0.15) is 11.8 Å². The minimum atomic E-state index is -0.844. The molecule has 8 heteroatoms. The summed E-state index contributed by atoms with van der Waals surface area (Å²) in [6.07, 6.45) is 2.53. The maximum atomic E-state index is 11.4. The molecule has 0 saturated heterocycles. The van der Waals surface area contributed by atoms with E-state index in [2.05, 4.69) is 5.32 Å². The molecule has 29 heavy (non-hydrogen) atoms. The third-order valence-corrected chi connectivity index (χ3v) is 5.40. The van der Waals surface area contributed by atoms with Crippen molar-refractivity contribution in [3.63, 3.8) is 0 Å². The van der Waals surface area contributed by atoms with Gasteiger partial charge in [-0.1, -0.05) is 35.3 Å². The van der Waals surface area contributed by atoms with Crippen molar-refractivity contribution in [3.05, 3.63) is 57.6 Å². The van der Waals surface area contributed by atoms with E-state index in [1.165, 1.54) is 0 Å². The van der Waals surface area contributed by atoms with Crippen molar-refractivity contribution in [3.8, 4) is 11.5 Å². The Morgan fingerprint density at radius 3 is 2.62 bits per heavy atom. The molecule has 2 aromatic rings. The van der Waals surface area contributed by atoms with Gasteiger partial charge in [-0.15, -0.1) is 0 Å². The lowest BCUT2D eigenvalue weighted by Gasteiger charge is -2.16. The zero-order valence-electron chi connectivity index (χ0n) is 16.4. The van der Waals surface area contributed by atoms with Gasteiger partial charge in [0.15, 0.2) is 11.5 Å². The zero-order chi connectivity index (χ0) is 21.2. The maximum absolute atomic E-state index is 11.4. The van der Waals surface area contributed by atoms with Crippen LogP contribution < -0.4 is 14.8 Å². The molecule has 0 bridgehead atoms. The Hall–Kier alpha value is -1.60. The molecule has 2 rings (SSSR count). The fourth-order valence-corrected chi connectivity index (χ4v) is 3.57. The minimum absolute atomic E-state index is 0.281. The number of nitrogens with one attached hydrogen (secondary N) is 1. The van der Waals surface area contributed by atoms with Crippen molar-refractivity contribution in [2.75, 3.05) is 18.6 Å². The van der Waals surface area contributed by atoms with Crippen LogP contribution in [-0.2, 0) is 17.9 Å². The number of carboxylic acid groups (broad SMARTS) is 1. The van der Waals surface area contributed by atoms with Crippen molar-refractivity contribution in [1.29, 1.82) is 0 Å². The second-order valence-electron chi connectivity index (χ2n) is 6.29. The number of ether oxygens (including phenoxy) is 2. The standard InChI is InChI=1S/C21H25Cl2NO4S/c1-3-27-20-10-14(12-24-18(21(25)26)8-9-29-2)4-7-19(20)28-13-15-5-6-16(22)11-17(15)23/h4-7,10-11,18,24H,3,8-9,12-13H2,1-2H3,(H,25,26). The third-order valence-electron chi connectivity index (χ3n) is 4.17. The minimum Gasteiger partial charge on any atom is -0.490 e. The number of thioether (sulfide) groups is 1. The fourth-order valence-electron chi connectivity index (χ4n) is 2.63. The summed E-state index contributed by atoms with van der Waals surface area (Å²) < 4.78 is 11.6. The number of carbonyl (C=O) groups is 1. The number of halogens is 2. The summed E-state index contributed by atoms with van der Waals surface area (Å²) >= 11 is 13.8. The van der Waals surface area contributed by atoms with Crippen LogP contribution in [0.3, 0.4) is 0 Å². The lowest BCUT2D eigenvalue weighted by molar-refractivity contribution is -0.139. The van der Waals surface area contributed by atoms with E-state index in [1.807, 2.05) is 37.4 Å². The molecular formula is C21H25Cl2NO4S. The first kappa shape index (κ1) is 23.7. The van der Waals surface area contributed by atoms with Crippen LogP contribution >= 0.6 is 35.0 Å². The van der Waals surface area contributed by atoms with E-state index < -0.39 is 12.0 Å². The van der Waals surface area contributed by atoms with Gasteiger partial charge < -0.3 is 19.9 Å². The van der Waals surface area contributed by atoms with Gasteiger partial charge in [0, 0.05) is 22.2 Å². The van der Waals surface area contributed by atoms with E-state index >= 15 is 0 Å². The number of aliphatic carboxylic acids is 1. The largest absolute Gasteiger partial charge is 0.490 e. The van der Waals surface area contributed by atoms with E-state index in [0.29, 0.717) is 41.1 Å². The Labute approximate surface area is 185 Å². The average molecular weight is 458 g/mol. The van der Waals surface area contributed by atoms with Crippen LogP contribution in [0.2, 0.25) is 10.0 Å². The first-order valence-electron chi connectivity index (χ1n) is 9.22. The molecule has 158 valence electrons. The highest BCUT2D eigenvalue weighted by atomic mass is 35.5. The Bertz CT molecular complexity index is 819. The Kier molecular flexibility index (Phi) is 9.94.